The summed E-state index contributed by atoms with van der Waals surface area (Å²) in [7, 11) is 0. The smallest absolute Gasteiger partial charge is 0.220 e. The molecule has 0 spiro atoms. The Bertz CT molecular complexity index is 391. The third kappa shape index (κ3) is 4.13. The molecule has 0 bridgehead atoms. The first-order chi connectivity index (χ1) is 8.24. The van der Waals surface area contributed by atoms with E-state index in [9.17, 15) is 4.79 Å². The third-order valence-electron chi connectivity index (χ3n) is 2.98. The van der Waals surface area contributed by atoms with E-state index >= 15 is 0 Å². The molecule has 4 heteroatoms. The molecule has 1 amide bonds. The largest absolute Gasteiger partial charge is 0.356 e. The van der Waals surface area contributed by atoms with Crippen LogP contribution in [0.15, 0.2) is 28.7 Å². The van der Waals surface area contributed by atoms with Gasteiger partial charge in [-0.2, -0.15) is 0 Å². The Morgan fingerprint density at radius 2 is 2.29 bits per heavy atom. The number of aryl methyl sites for hydroxylation is 1. The Kier molecular flexibility index (Phi) is 4.57. The predicted molar refractivity (Wildman–Crippen MR) is 71.8 cm³/mol. The first kappa shape index (κ1) is 12.6. The minimum Gasteiger partial charge on any atom is -0.356 e. The van der Waals surface area contributed by atoms with E-state index in [0.29, 0.717) is 12.3 Å². The molecule has 2 N–H and O–H groups in total. The molecule has 1 fully saturated rings. The number of carbonyl (C=O) groups excluding carboxylic acids is 1. The van der Waals surface area contributed by atoms with Gasteiger partial charge in [0, 0.05) is 36.4 Å². The van der Waals surface area contributed by atoms with Crippen LogP contribution in [0.4, 0.5) is 0 Å². The van der Waals surface area contributed by atoms with Crippen LogP contribution in [0.5, 0.6) is 0 Å². The van der Waals surface area contributed by atoms with E-state index in [4.69, 9.17) is 0 Å². The molecule has 3 nitrogen and oxygen atoms in total. The lowest BCUT2D eigenvalue weighted by Gasteiger charge is -2.27. The molecule has 0 aromatic heterocycles. The van der Waals surface area contributed by atoms with E-state index in [1.807, 2.05) is 18.2 Å². The van der Waals surface area contributed by atoms with Crippen molar-refractivity contribution < 1.29 is 4.79 Å². The molecule has 1 aromatic rings. The molecule has 17 heavy (non-hydrogen) atoms. The van der Waals surface area contributed by atoms with Crippen LogP contribution >= 0.6 is 15.9 Å². The highest BCUT2D eigenvalue weighted by Gasteiger charge is 2.16. The molecule has 0 saturated carbocycles. The Hall–Kier alpha value is -0.870. The molecule has 1 heterocycles. The van der Waals surface area contributed by atoms with Gasteiger partial charge in [-0.05, 0) is 24.1 Å². The molecular formula is C13H17BrN2O. The molecule has 0 aliphatic carbocycles. The maximum absolute atomic E-state index is 11.6. The van der Waals surface area contributed by atoms with Crippen molar-refractivity contribution in [1.29, 1.82) is 0 Å². The molecule has 0 atom stereocenters. The Labute approximate surface area is 110 Å². The number of amides is 1. The van der Waals surface area contributed by atoms with Crippen LogP contribution in [-0.4, -0.2) is 25.5 Å². The third-order valence-corrected chi connectivity index (χ3v) is 3.48. The summed E-state index contributed by atoms with van der Waals surface area (Å²) in [4.78, 5) is 11.6. The minimum absolute atomic E-state index is 0.150. The Balaban J connectivity index is 1.68. The molecule has 2 rings (SSSR count). The average molecular weight is 297 g/mol. The molecule has 92 valence electrons. The molecule has 0 radical (unpaired) electrons. The Morgan fingerprint density at radius 1 is 1.47 bits per heavy atom. The number of rotatable bonds is 5. The average Bonchev–Trinajstić information content (AvgIpc) is 2.24. The molecular weight excluding hydrogens is 280 g/mol. The maximum atomic E-state index is 11.6. The zero-order valence-corrected chi connectivity index (χ0v) is 11.3. The van der Waals surface area contributed by atoms with Crippen molar-refractivity contribution in [2.75, 3.05) is 19.6 Å². The molecule has 1 saturated heterocycles. The van der Waals surface area contributed by atoms with Gasteiger partial charge in [0.25, 0.3) is 0 Å². The fraction of sp³-hybridized carbons (Fsp3) is 0.462. The fourth-order valence-corrected chi connectivity index (χ4v) is 2.24. The van der Waals surface area contributed by atoms with E-state index < -0.39 is 0 Å². The number of hydrogen-bond acceptors (Lipinski definition) is 2. The van der Waals surface area contributed by atoms with Crippen LogP contribution in [0.25, 0.3) is 0 Å². The van der Waals surface area contributed by atoms with Crippen molar-refractivity contribution in [1.82, 2.24) is 10.6 Å². The quantitative estimate of drug-likeness (QED) is 0.869. The molecule has 1 aliphatic heterocycles. The highest BCUT2D eigenvalue weighted by Crippen LogP contribution is 2.12. The first-order valence-electron chi connectivity index (χ1n) is 5.96. The van der Waals surface area contributed by atoms with E-state index in [2.05, 4.69) is 32.6 Å². The lowest BCUT2D eigenvalue weighted by Crippen LogP contribution is -2.48. The minimum atomic E-state index is 0.150. The van der Waals surface area contributed by atoms with Crippen LogP contribution in [0, 0.1) is 5.92 Å². The summed E-state index contributed by atoms with van der Waals surface area (Å²) < 4.78 is 1.07. The van der Waals surface area contributed by atoms with Gasteiger partial charge in [0.05, 0.1) is 0 Å². The van der Waals surface area contributed by atoms with Crippen molar-refractivity contribution in [3.63, 3.8) is 0 Å². The van der Waals surface area contributed by atoms with Crippen LogP contribution in [0.1, 0.15) is 12.0 Å². The summed E-state index contributed by atoms with van der Waals surface area (Å²) in [5.74, 6) is 0.779. The van der Waals surface area contributed by atoms with Crippen molar-refractivity contribution in [2.45, 2.75) is 12.8 Å². The van der Waals surface area contributed by atoms with Crippen LogP contribution < -0.4 is 10.6 Å². The highest BCUT2D eigenvalue weighted by molar-refractivity contribution is 9.10. The Morgan fingerprint density at radius 3 is 2.94 bits per heavy atom. The van der Waals surface area contributed by atoms with Crippen LogP contribution in [0.2, 0.25) is 0 Å². The van der Waals surface area contributed by atoms with E-state index in [0.717, 1.165) is 30.5 Å². The van der Waals surface area contributed by atoms with Gasteiger partial charge in [-0.3, -0.25) is 4.79 Å². The van der Waals surface area contributed by atoms with Gasteiger partial charge in [-0.25, -0.2) is 0 Å². The maximum Gasteiger partial charge on any atom is 0.220 e. The van der Waals surface area contributed by atoms with Crippen molar-refractivity contribution >= 4 is 21.8 Å². The van der Waals surface area contributed by atoms with Crippen LogP contribution in [0.3, 0.4) is 0 Å². The zero-order valence-electron chi connectivity index (χ0n) is 9.71. The lowest BCUT2D eigenvalue weighted by molar-refractivity contribution is -0.121. The summed E-state index contributed by atoms with van der Waals surface area (Å²) in [6, 6.07) is 8.10. The summed E-state index contributed by atoms with van der Waals surface area (Å²) in [5, 5.41) is 6.17. The molecule has 0 unspecified atom stereocenters. The number of hydrogen-bond donors (Lipinski definition) is 2. The monoisotopic (exact) mass is 296 g/mol. The standard InChI is InChI=1S/C13H17BrN2O/c14-12-3-1-2-10(6-12)4-5-13(17)16-9-11-7-15-8-11/h1-3,6,11,15H,4-5,7-9H2,(H,16,17). The van der Waals surface area contributed by atoms with Gasteiger partial charge in [-0.15, -0.1) is 0 Å². The zero-order chi connectivity index (χ0) is 12.1. The van der Waals surface area contributed by atoms with Crippen LogP contribution in [-0.2, 0) is 11.2 Å². The number of halogens is 1. The van der Waals surface area contributed by atoms with E-state index in [1.165, 1.54) is 5.56 Å². The van der Waals surface area contributed by atoms with Gasteiger partial charge in [0.2, 0.25) is 5.91 Å². The second kappa shape index (κ2) is 6.17. The predicted octanol–water partition coefficient (Wildman–Crippen LogP) is 1.72. The number of nitrogens with one attached hydrogen (secondary N) is 2. The first-order valence-corrected chi connectivity index (χ1v) is 6.75. The van der Waals surface area contributed by atoms with Crippen molar-refractivity contribution in [3.05, 3.63) is 34.3 Å². The second-order valence-corrected chi connectivity index (χ2v) is 5.37. The summed E-state index contributed by atoms with van der Waals surface area (Å²) in [6.45, 7) is 2.88. The molecule has 1 aliphatic rings. The number of benzene rings is 1. The fourth-order valence-electron chi connectivity index (χ4n) is 1.79. The van der Waals surface area contributed by atoms with Gasteiger partial charge < -0.3 is 10.6 Å². The van der Waals surface area contributed by atoms with E-state index in [1.54, 1.807) is 0 Å². The SMILES string of the molecule is O=C(CCc1cccc(Br)c1)NCC1CNC1. The normalized spacial score (nSPS) is 15.4. The van der Waals surface area contributed by atoms with Gasteiger partial charge >= 0.3 is 0 Å². The topological polar surface area (TPSA) is 41.1 Å². The van der Waals surface area contributed by atoms with Gasteiger partial charge in [-0.1, -0.05) is 28.1 Å². The molecule has 1 aromatic carbocycles. The summed E-state index contributed by atoms with van der Waals surface area (Å²) in [5.41, 5.74) is 1.19. The van der Waals surface area contributed by atoms with Crippen molar-refractivity contribution in [2.24, 2.45) is 5.92 Å². The summed E-state index contributed by atoms with van der Waals surface area (Å²) in [6.07, 6.45) is 1.37. The summed E-state index contributed by atoms with van der Waals surface area (Å²) >= 11 is 3.43. The van der Waals surface area contributed by atoms with Gasteiger partial charge in [0.15, 0.2) is 0 Å². The highest BCUT2D eigenvalue weighted by atomic mass is 79.9. The van der Waals surface area contributed by atoms with Gasteiger partial charge in [0.1, 0.15) is 0 Å². The number of carbonyl (C=O) groups is 1. The van der Waals surface area contributed by atoms with E-state index in [-0.39, 0.29) is 5.91 Å². The second-order valence-electron chi connectivity index (χ2n) is 4.46. The van der Waals surface area contributed by atoms with Crippen molar-refractivity contribution in [3.8, 4) is 0 Å². The lowest BCUT2D eigenvalue weighted by atomic mass is 10.0.